The van der Waals surface area contributed by atoms with Crippen molar-refractivity contribution in [3.05, 3.63) is 35.0 Å². The lowest BCUT2D eigenvalue weighted by Gasteiger charge is -2.23. The molecular formula is C14H17ClN2. The van der Waals surface area contributed by atoms with E-state index in [1.54, 1.807) is 0 Å². The minimum atomic E-state index is 0.654. The van der Waals surface area contributed by atoms with E-state index in [1.807, 2.05) is 6.20 Å². The molecule has 0 radical (unpaired) electrons. The molecule has 3 heteroatoms. The van der Waals surface area contributed by atoms with Crippen LogP contribution in [0.3, 0.4) is 0 Å². The van der Waals surface area contributed by atoms with Crippen LogP contribution < -0.4 is 5.32 Å². The molecule has 17 heavy (non-hydrogen) atoms. The Kier molecular flexibility index (Phi) is 2.85. The Labute approximate surface area is 107 Å². The minimum absolute atomic E-state index is 0.654. The van der Waals surface area contributed by atoms with Gasteiger partial charge in [0, 0.05) is 30.7 Å². The molecule has 1 fully saturated rings. The highest BCUT2D eigenvalue weighted by Gasteiger charge is 2.16. The third-order valence-corrected chi connectivity index (χ3v) is 4.04. The zero-order chi connectivity index (χ0) is 11.8. The van der Waals surface area contributed by atoms with Crippen LogP contribution in [0.1, 0.15) is 24.3 Å². The number of aromatic nitrogens is 1. The first-order valence-corrected chi connectivity index (χ1v) is 6.58. The zero-order valence-electron chi connectivity index (χ0n) is 10.0. The van der Waals surface area contributed by atoms with Crippen molar-refractivity contribution < 1.29 is 0 Å². The van der Waals surface area contributed by atoms with Gasteiger partial charge >= 0.3 is 0 Å². The van der Waals surface area contributed by atoms with E-state index in [9.17, 15) is 0 Å². The summed E-state index contributed by atoms with van der Waals surface area (Å²) >= 11 is 6.18. The average Bonchev–Trinajstić information content (AvgIpc) is 2.66. The van der Waals surface area contributed by atoms with Crippen molar-refractivity contribution in [2.75, 3.05) is 13.1 Å². The number of rotatable bonds is 1. The Morgan fingerprint density at radius 2 is 2.29 bits per heavy atom. The van der Waals surface area contributed by atoms with Gasteiger partial charge in [-0.25, -0.2) is 0 Å². The summed E-state index contributed by atoms with van der Waals surface area (Å²) in [6, 6.07) is 6.67. The first kappa shape index (κ1) is 11.1. The number of fused-ring (bicyclic) bond motifs is 1. The van der Waals surface area contributed by atoms with Crippen LogP contribution in [0.4, 0.5) is 0 Å². The molecule has 1 aromatic carbocycles. The molecule has 1 saturated heterocycles. The van der Waals surface area contributed by atoms with E-state index >= 15 is 0 Å². The second kappa shape index (κ2) is 4.35. The van der Waals surface area contributed by atoms with Crippen molar-refractivity contribution >= 4 is 22.5 Å². The number of piperidine rings is 1. The molecule has 1 aliphatic heterocycles. The van der Waals surface area contributed by atoms with Crippen LogP contribution in [0.2, 0.25) is 5.02 Å². The quantitative estimate of drug-likeness (QED) is 0.820. The summed E-state index contributed by atoms with van der Waals surface area (Å²) in [4.78, 5) is 0. The summed E-state index contributed by atoms with van der Waals surface area (Å²) in [7, 11) is 2.05. The number of aryl methyl sites for hydroxylation is 1. The van der Waals surface area contributed by atoms with Crippen molar-refractivity contribution in [2.24, 2.45) is 7.05 Å². The molecule has 1 unspecified atom stereocenters. The van der Waals surface area contributed by atoms with Crippen LogP contribution in [-0.4, -0.2) is 17.7 Å². The third kappa shape index (κ3) is 1.96. The Morgan fingerprint density at radius 3 is 3.06 bits per heavy atom. The molecule has 0 spiro atoms. The predicted molar refractivity (Wildman–Crippen MR) is 72.8 cm³/mol. The first-order valence-electron chi connectivity index (χ1n) is 6.21. The van der Waals surface area contributed by atoms with E-state index in [0.717, 1.165) is 23.5 Å². The van der Waals surface area contributed by atoms with Gasteiger partial charge in [0.2, 0.25) is 0 Å². The van der Waals surface area contributed by atoms with Gasteiger partial charge < -0.3 is 9.88 Å². The summed E-state index contributed by atoms with van der Waals surface area (Å²) in [5.74, 6) is 0.654. The van der Waals surface area contributed by atoms with Gasteiger partial charge in [0.15, 0.2) is 0 Å². The van der Waals surface area contributed by atoms with Crippen LogP contribution in [0.15, 0.2) is 24.4 Å². The number of halogens is 1. The molecule has 0 amide bonds. The maximum atomic E-state index is 6.18. The maximum absolute atomic E-state index is 6.18. The molecule has 2 nitrogen and oxygen atoms in total. The highest BCUT2D eigenvalue weighted by Crippen LogP contribution is 2.30. The molecule has 1 atom stereocenters. The zero-order valence-corrected chi connectivity index (χ0v) is 10.8. The van der Waals surface area contributed by atoms with Crippen LogP contribution in [0, 0.1) is 0 Å². The van der Waals surface area contributed by atoms with Crippen LogP contribution >= 0.6 is 11.6 Å². The Morgan fingerprint density at radius 1 is 1.41 bits per heavy atom. The van der Waals surface area contributed by atoms with Crippen LogP contribution in [0.25, 0.3) is 10.9 Å². The van der Waals surface area contributed by atoms with Crippen molar-refractivity contribution in [1.29, 1.82) is 0 Å². The van der Waals surface area contributed by atoms with E-state index in [-0.39, 0.29) is 0 Å². The standard InChI is InChI=1S/C14H17ClN2/c1-17-9-13(15)12-5-4-10(7-14(12)17)11-3-2-6-16-8-11/h4-5,7,9,11,16H,2-3,6,8H2,1H3. The van der Waals surface area contributed by atoms with Gasteiger partial charge in [-0.3, -0.25) is 0 Å². The Bertz CT molecular complexity index is 538. The summed E-state index contributed by atoms with van der Waals surface area (Å²) in [6.07, 6.45) is 4.54. The van der Waals surface area contributed by atoms with Crippen molar-refractivity contribution in [3.8, 4) is 0 Å². The number of nitrogens with one attached hydrogen (secondary N) is 1. The number of hydrogen-bond acceptors (Lipinski definition) is 1. The molecule has 3 rings (SSSR count). The van der Waals surface area contributed by atoms with E-state index in [1.165, 1.54) is 23.9 Å². The smallest absolute Gasteiger partial charge is 0.0661 e. The van der Waals surface area contributed by atoms with Gasteiger partial charge in [0.25, 0.3) is 0 Å². The molecule has 1 aliphatic rings. The van der Waals surface area contributed by atoms with Gasteiger partial charge in [-0.15, -0.1) is 0 Å². The second-order valence-electron chi connectivity index (χ2n) is 4.91. The molecule has 0 aliphatic carbocycles. The average molecular weight is 249 g/mol. The van der Waals surface area contributed by atoms with E-state index in [0.29, 0.717) is 5.92 Å². The van der Waals surface area contributed by atoms with Gasteiger partial charge in [-0.05, 0) is 36.9 Å². The lowest BCUT2D eigenvalue weighted by molar-refractivity contribution is 0.462. The largest absolute Gasteiger partial charge is 0.349 e. The van der Waals surface area contributed by atoms with Crippen molar-refractivity contribution in [2.45, 2.75) is 18.8 Å². The summed E-state index contributed by atoms with van der Waals surface area (Å²) < 4.78 is 2.11. The molecule has 1 N–H and O–H groups in total. The predicted octanol–water partition coefficient (Wildman–Crippen LogP) is 3.30. The molecule has 90 valence electrons. The molecule has 0 saturated carbocycles. The maximum Gasteiger partial charge on any atom is 0.0661 e. The summed E-state index contributed by atoms with van der Waals surface area (Å²) in [5, 5.41) is 5.47. The highest BCUT2D eigenvalue weighted by molar-refractivity contribution is 6.35. The SMILES string of the molecule is Cn1cc(Cl)c2ccc(C3CCCNC3)cc21. The van der Waals surface area contributed by atoms with E-state index < -0.39 is 0 Å². The monoisotopic (exact) mass is 248 g/mol. The Balaban J connectivity index is 2.03. The summed E-state index contributed by atoms with van der Waals surface area (Å²) in [6.45, 7) is 2.26. The van der Waals surface area contributed by atoms with Crippen molar-refractivity contribution in [3.63, 3.8) is 0 Å². The fourth-order valence-electron chi connectivity index (χ4n) is 2.74. The fourth-order valence-corrected chi connectivity index (χ4v) is 3.05. The van der Waals surface area contributed by atoms with Gasteiger partial charge in [0.05, 0.1) is 5.02 Å². The third-order valence-electron chi connectivity index (χ3n) is 3.73. The molecular weight excluding hydrogens is 232 g/mol. The fraction of sp³-hybridized carbons (Fsp3) is 0.429. The van der Waals surface area contributed by atoms with E-state index in [4.69, 9.17) is 11.6 Å². The highest BCUT2D eigenvalue weighted by atomic mass is 35.5. The van der Waals surface area contributed by atoms with Gasteiger partial charge in [-0.1, -0.05) is 23.7 Å². The minimum Gasteiger partial charge on any atom is -0.349 e. The molecule has 2 heterocycles. The first-order chi connectivity index (χ1) is 8.25. The van der Waals surface area contributed by atoms with Crippen molar-refractivity contribution in [1.82, 2.24) is 9.88 Å². The topological polar surface area (TPSA) is 17.0 Å². The normalized spacial score (nSPS) is 20.9. The van der Waals surface area contributed by atoms with Gasteiger partial charge in [-0.2, -0.15) is 0 Å². The lowest BCUT2D eigenvalue weighted by Crippen LogP contribution is -2.28. The van der Waals surface area contributed by atoms with Gasteiger partial charge in [0.1, 0.15) is 0 Å². The number of nitrogens with zero attached hydrogens (tertiary/aromatic N) is 1. The van der Waals surface area contributed by atoms with Crippen LogP contribution in [-0.2, 0) is 7.05 Å². The van der Waals surface area contributed by atoms with Crippen LogP contribution in [0.5, 0.6) is 0 Å². The molecule has 1 aromatic heterocycles. The lowest BCUT2D eigenvalue weighted by atomic mass is 9.91. The summed E-state index contributed by atoms with van der Waals surface area (Å²) in [5.41, 5.74) is 2.67. The number of benzene rings is 1. The number of hydrogen-bond donors (Lipinski definition) is 1. The Hall–Kier alpha value is -0.990. The van der Waals surface area contributed by atoms with E-state index in [2.05, 4.69) is 35.1 Å². The second-order valence-corrected chi connectivity index (χ2v) is 5.32. The molecule has 0 bridgehead atoms. The molecule has 2 aromatic rings.